The summed E-state index contributed by atoms with van der Waals surface area (Å²) in [6.07, 6.45) is 5.55. The third-order valence-electron chi connectivity index (χ3n) is 2.35. The number of imidazole rings is 1. The maximum Gasteiger partial charge on any atom is 0.124 e. The second-order valence-electron chi connectivity index (χ2n) is 3.59. The number of nitrogens with two attached hydrogens (primary N) is 1. The fourth-order valence-electron chi connectivity index (χ4n) is 1.50. The molecule has 0 radical (unpaired) electrons. The number of nitrogens with zero attached hydrogens (tertiary/aromatic N) is 4. The lowest BCUT2D eigenvalue weighted by atomic mass is 10.4. The number of hydrogen-bond donors (Lipinski definition) is 2. The fourth-order valence-corrected chi connectivity index (χ4v) is 1.50. The quantitative estimate of drug-likeness (QED) is 0.754. The summed E-state index contributed by atoms with van der Waals surface area (Å²) in [4.78, 5) is 4.28. The van der Waals surface area contributed by atoms with E-state index in [2.05, 4.69) is 15.4 Å². The van der Waals surface area contributed by atoms with Crippen molar-refractivity contribution in [2.45, 2.75) is 13.1 Å². The molecular formula is C10H16N6. The van der Waals surface area contributed by atoms with Gasteiger partial charge in [-0.05, 0) is 0 Å². The molecule has 0 spiro atoms. The molecular weight excluding hydrogens is 204 g/mol. The lowest BCUT2D eigenvalue weighted by Crippen LogP contribution is -2.08. The van der Waals surface area contributed by atoms with E-state index in [0.29, 0.717) is 13.1 Å². The van der Waals surface area contributed by atoms with Crippen LogP contribution in [0.1, 0.15) is 5.69 Å². The Morgan fingerprint density at radius 1 is 1.50 bits per heavy atom. The molecule has 2 heterocycles. The second-order valence-corrected chi connectivity index (χ2v) is 3.59. The van der Waals surface area contributed by atoms with Crippen LogP contribution in [-0.4, -0.2) is 25.9 Å². The molecule has 0 aromatic carbocycles. The Balaban J connectivity index is 1.92. The van der Waals surface area contributed by atoms with E-state index in [0.717, 1.165) is 18.1 Å². The van der Waals surface area contributed by atoms with Gasteiger partial charge in [-0.1, -0.05) is 0 Å². The average Bonchev–Trinajstić information content (AvgIpc) is 2.86. The SMILES string of the molecule is Cn1nccc1NCc1cn(CCN)cn1. The predicted octanol–water partition coefficient (Wildman–Crippen LogP) is 0.187. The molecule has 3 N–H and O–H groups in total. The molecule has 86 valence electrons. The van der Waals surface area contributed by atoms with Crippen LogP contribution in [0, 0.1) is 0 Å². The van der Waals surface area contributed by atoms with Crippen molar-refractivity contribution < 1.29 is 0 Å². The van der Waals surface area contributed by atoms with Crippen LogP contribution in [0.3, 0.4) is 0 Å². The van der Waals surface area contributed by atoms with Gasteiger partial charge >= 0.3 is 0 Å². The van der Waals surface area contributed by atoms with E-state index in [-0.39, 0.29) is 0 Å². The lowest BCUT2D eigenvalue weighted by molar-refractivity contribution is 0.707. The summed E-state index contributed by atoms with van der Waals surface area (Å²) in [5.74, 6) is 0.980. The topological polar surface area (TPSA) is 73.7 Å². The number of aryl methyl sites for hydroxylation is 1. The summed E-state index contributed by atoms with van der Waals surface area (Å²) in [6, 6.07) is 1.93. The molecule has 0 unspecified atom stereocenters. The molecule has 2 rings (SSSR count). The molecule has 0 aliphatic rings. The Labute approximate surface area is 94.1 Å². The Kier molecular flexibility index (Phi) is 3.21. The van der Waals surface area contributed by atoms with Crippen molar-refractivity contribution >= 4 is 5.82 Å². The van der Waals surface area contributed by atoms with Gasteiger partial charge in [0.1, 0.15) is 5.82 Å². The third kappa shape index (κ3) is 2.40. The first-order chi connectivity index (χ1) is 7.79. The highest BCUT2D eigenvalue weighted by Gasteiger charge is 2.00. The standard InChI is InChI=1S/C10H16N6/c1-15-10(2-4-14-15)12-6-9-7-16(5-3-11)8-13-9/h2,4,7-8,12H,3,5-6,11H2,1H3. The van der Waals surface area contributed by atoms with Gasteiger partial charge in [0.05, 0.1) is 24.8 Å². The average molecular weight is 220 g/mol. The van der Waals surface area contributed by atoms with Crippen molar-refractivity contribution in [2.24, 2.45) is 12.8 Å². The van der Waals surface area contributed by atoms with Gasteiger partial charge in [-0.25, -0.2) is 4.98 Å². The van der Waals surface area contributed by atoms with Crippen molar-refractivity contribution in [1.82, 2.24) is 19.3 Å². The van der Waals surface area contributed by atoms with E-state index in [4.69, 9.17) is 5.73 Å². The van der Waals surface area contributed by atoms with Crippen molar-refractivity contribution in [2.75, 3.05) is 11.9 Å². The van der Waals surface area contributed by atoms with Crippen LogP contribution in [0.15, 0.2) is 24.8 Å². The smallest absolute Gasteiger partial charge is 0.124 e. The minimum Gasteiger partial charge on any atom is -0.365 e. The van der Waals surface area contributed by atoms with Crippen LogP contribution in [0.25, 0.3) is 0 Å². The second kappa shape index (κ2) is 4.80. The van der Waals surface area contributed by atoms with Crippen molar-refractivity contribution in [3.63, 3.8) is 0 Å². The molecule has 16 heavy (non-hydrogen) atoms. The van der Waals surface area contributed by atoms with Crippen LogP contribution in [-0.2, 0) is 20.1 Å². The highest BCUT2D eigenvalue weighted by atomic mass is 15.3. The van der Waals surface area contributed by atoms with Gasteiger partial charge in [-0.3, -0.25) is 4.68 Å². The summed E-state index contributed by atoms with van der Waals surface area (Å²) >= 11 is 0. The van der Waals surface area contributed by atoms with E-state index in [1.54, 1.807) is 17.2 Å². The first kappa shape index (κ1) is 10.7. The first-order valence-electron chi connectivity index (χ1n) is 5.22. The van der Waals surface area contributed by atoms with Gasteiger partial charge < -0.3 is 15.6 Å². The number of nitrogens with one attached hydrogen (secondary N) is 1. The minimum atomic E-state index is 0.630. The van der Waals surface area contributed by atoms with E-state index in [9.17, 15) is 0 Å². The number of aromatic nitrogens is 4. The molecule has 0 aliphatic carbocycles. The molecule has 2 aromatic heterocycles. The Hall–Kier alpha value is -1.82. The van der Waals surface area contributed by atoms with E-state index in [1.165, 1.54) is 0 Å². The largest absolute Gasteiger partial charge is 0.365 e. The molecule has 6 heteroatoms. The lowest BCUT2D eigenvalue weighted by Gasteiger charge is -2.03. The van der Waals surface area contributed by atoms with E-state index in [1.807, 2.05) is 23.9 Å². The molecule has 0 amide bonds. The van der Waals surface area contributed by atoms with Crippen molar-refractivity contribution in [3.05, 3.63) is 30.5 Å². The number of rotatable bonds is 5. The van der Waals surface area contributed by atoms with Crippen molar-refractivity contribution in [1.29, 1.82) is 0 Å². The van der Waals surface area contributed by atoms with Gasteiger partial charge in [-0.2, -0.15) is 5.10 Å². The summed E-state index contributed by atoms with van der Waals surface area (Å²) < 4.78 is 3.77. The first-order valence-corrected chi connectivity index (χ1v) is 5.22. The predicted molar refractivity (Wildman–Crippen MR) is 61.8 cm³/mol. The Morgan fingerprint density at radius 2 is 2.38 bits per heavy atom. The molecule has 0 fully saturated rings. The molecule has 2 aromatic rings. The van der Waals surface area contributed by atoms with Crippen LogP contribution < -0.4 is 11.1 Å². The number of anilines is 1. The Bertz CT molecular complexity index is 444. The fraction of sp³-hybridized carbons (Fsp3) is 0.400. The maximum atomic E-state index is 5.46. The molecule has 0 aliphatic heterocycles. The highest BCUT2D eigenvalue weighted by Crippen LogP contribution is 2.05. The van der Waals surface area contributed by atoms with Gasteiger partial charge in [0, 0.05) is 32.4 Å². The summed E-state index contributed by atoms with van der Waals surface area (Å²) in [5, 5.41) is 7.33. The zero-order valence-corrected chi connectivity index (χ0v) is 9.30. The van der Waals surface area contributed by atoms with E-state index < -0.39 is 0 Å². The van der Waals surface area contributed by atoms with Crippen LogP contribution in [0.5, 0.6) is 0 Å². The Morgan fingerprint density at radius 3 is 3.06 bits per heavy atom. The number of hydrogen-bond acceptors (Lipinski definition) is 4. The third-order valence-corrected chi connectivity index (χ3v) is 2.35. The van der Waals surface area contributed by atoms with Crippen LogP contribution >= 0.6 is 0 Å². The van der Waals surface area contributed by atoms with Crippen LogP contribution in [0.2, 0.25) is 0 Å². The van der Waals surface area contributed by atoms with E-state index >= 15 is 0 Å². The summed E-state index contributed by atoms with van der Waals surface area (Å²) in [7, 11) is 1.90. The molecule has 0 atom stereocenters. The van der Waals surface area contributed by atoms with Crippen molar-refractivity contribution in [3.8, 4) is 0 Å². The normalized spacial score (nSPS) is 10.6. The van der Waals surface area contributed by atoms with Crippen LogP contribution in [0.4, 0.5) is 5.82 Å². The molecule has 0 bridgehead atoms. The van der Waals surface area contributed by atoms with Gasteiger partial charge in [0.15, 0.2) is 0 Å². The molecule has 0 saturated heterocycles. The zero-order chi connectivity index (χ0) is 11.4. The molecule has 0 saturated carbocycles. The summed E-state index contributed by atoms with van der Waals surface area (Å²) in [5.41, 5.74) is 6.46. The monoisotopic (exact) mass is 220 g/mol. The zero-order valence-electron chi connectivity index (χ0n) is 9.30. The van der Waals surface area contributed by atoms with Gasteiger partial charge in [0.25, 0.3) is 0 Å². The van der Waals surface area contributed by atoms with Gasteiger partial charge in [0.2, 0.25) is 0 Å². The summed E-state index contributed by atoms with van der Waals surface area (Å²) in [6.45, 7) is 2.13. The highest BCUT2D eigenvalue weighted by molar-refractivity contribution is 5.33. The minimum absolute atomic E-state index is 0.630. The molecule has 6 nitrogen and oxygen atoms in total. The maximum absolute atomic E-state index is 5.46. The van der Waals surface area contributed by atoms with Gasteiger partial charge in [-0.15, -0.1) is 0 Å².